The highest BCUT2D eigenvalue weighted by molar-refractivity contribution is 7.92. The summed E-state index contributed by atoms with van der Waals surface area (Å²) in [4.78, 5) is 22.5. The molecule has 0 spiro atoms. The molecule has 2 saturated heterocycles. The molecule has 0 saturated carbocycles. The number of ether oxygens (including phenoxy) is 1. The van der Waals surface area contributed by atoms with Crippen LogP contribution in [0.3, 0.4) is 0 Å². The van der Waals surface area contributed by atoms with E-state index in [0.29, 0.717) is 24.8 Å². The van der Waals surface area contributed by atoms with Crippen molar-refractivity contribution in [1.82, 2.24) is 19.5 Å². The van der Waals surface area contributed by atoms with Gasteiger partial charge in [0.05, 0.1) is 42.5 Å². The van der Waals surface area contributed by atoms with Crippen LogP contribution in [0.2, 0.25) is 5.02 Å². The molecular weight excluding hydrogens is 504 g/mol. The molecular formula is C24H29ClN6O4S. The van der Waals surface area contributed by atoms with E-state index in [1.165, 1.54) is 12.1 Å². The van der Waals surface area contributed by atoms with Crippen LogP contribution in [0.15, 0.2) is 30.3 Å². The molecule has 3 aromatic rings. The Morgan fingerprint density at radius 2 is 1.92 bits per heavy atom. The number of rotatable bonds is 5. The molecule has 1 amide bonds. The molecule has 4 heterocycles. The number of aromatic nitrogens is 3. The number of carbonyl (C=O) groups is 1. The van der Waals surface area contributed by atoms with Crippen LogP contribution in [0.1, 0.15) is 47.1 Å². The number of benzene rings is 1. The van der Waals surface area contributed by atoms with E-state index < -0.39 is 10.0 Å². The number of halogens is 1. The van der Waals surface area contributed by atoms with Crippen molar-refractivity contribution in [2.24, 2.45) is 0 Å². The van der Waals surface area contributed by atoms with E-state index in [2.05, 4.69) is 14.6 Å². The van der Waals surface area contributed by atoms with Gasteiger partial charge in [-0.25, -0.2) is 13.4 Å². The molecule has 1 unspecified atom stereocenters. The van der Waals surface area contributed by atoms with Crippen molar-refractivity contribution in [3.63, 3.8) is 0 Å². The average Bonchev–Trinajstić information content (AvgIpc) is 3.28. The van der Waals surface area contributed by atoms with Crippen molar-refractivity contribution in [2.75, 3.05) is 48.7 Å². The minimum atomic E-state index is -3.58. The molecule has 10 nitrogen and oxygen atoms in total. The molecule has 192 valence electrons. The van der Waals surface area contributed by atoms with Gasteiger partial charge in [-0.2, -0.15) is 9.61 Å². The Kier molecular flexibility index (Phi) is 6.80. The number of aryl methyl sites for hydroxylation is 1. The Balaban J connectivity index is 1.52. The first-order valence-electron chi connectivity index (χ1n) is 12.0. The van der Waals surface area contributed by atoms with E-state index in [4.69, 9.17) is 21.4 Å². The number of amides is 1. The quantitative estimate of drug-likeness (QED) is 0.537. The smallest absolute Gasteiger partial charge is 0.256 e. The maximum Gasteiger partial charge on any atom is 0.256 e. The monoisotopic (exact) mass is 532 g/mol. The van der Waals surface area contributed by atoms with Crippen molar-refractivity contribution in [3.05, 3.63) is 52.3 Å². The van der Waals surface area contributed by atoms with Crippen molar-refractivity contribution in [2.45, 2.75) is 32.2 Å². The first-order valence-corrected chi connectivity index (χ1v) is 14.2. The van der Waals surface area contributed by atoms with Crippen LogP contribution in [0.4, 0.5) is 11.5 Å². The third kappa shape index (κ3) is 5.14. The number of fused-ring (bicyclic) bond motifs is 1. The highest BCUT2D eigenvalue weighted by atomic mass is 35.5. The summed E-state index contributed by atoms with van der Waals surface area (Å²) in [5.41, 5.74) is 2.80. The fourth-order valence-corrected chi connectivity index (χ4v) is 5.65. The summed E-state index contributed by atoms with van der Waals surface area (Å²) in [7, 11) is -3.58. The van der Waals surface area contributed by atoms with Crippen LogP contribution in [0.5, 0.6) is 0 Å². The van der Waals surface area contributed by atoms with E-state index in [1.807, 2.05) is 23.6 Å². The van der Waals surface area contributed by atoms with Gasteiger partial charge in [-0.15, -0.1) is 0 Å². The van der Waals surface area contributed by atoms with E-state index in [0.717, 1.165) is 61.5 Å². The lowest BCUT2D eigenvalue weighted by molar-refractivity contribution is 0.0607. The summed E-state index contributed by atoms with van der Waals surface area (Å²) in [5.74, 6) is 0.665. The molecule has 36 heavy (non-hydrogen) atoms. The normalized spacial score (nSPS) is 19.0. The molecule has 1 atom stereocenters. The van der Waals surface area contributed by atoms with Gasteiger partial charge in [0.1, 0.15) is 5.82 Å². The summed E-state index contributed by atoms with van der Waals surface area (Å²) in [6.07, 6.45) is 3.60. The van der Waals surface area contributed by atoms with Gasteiger partial charge in [-0.1, -0.05) is 11.6 Å². The SMILES string of the molecule is Cc1cc(N2CCOCC2)n2nc(C3CCCCN3C(=O)c3cc(Cl)ccc3NS(C)(=O)=O)cc2n1. The van der Waals surface area contributed by atoms with Gasteiger partial charge >= 0.3 is 0 Å². The topological polar surface area (TPSA) is 109 Å². The maximum absolute atomic E-state index is 13.8. The van der Waals surface area contributed by atoms with Crippen LogP contribution in [0.25, 0.3) is 5.65 Å². The third-order valence-corrected chi connectivity index (χ3v) is 7.33. The number of hydrogen-bond donors (Lipinski definition) is 1. The Hall–Kier alpha value is -2.89. The summed E-state index contributed by atoms with van der Waals surface area (Å²) in [6, 6.07) is 8.28. The lowest BCUT2D eigenvalue weighted by atomic mass is 9.98. The zero-order valence-electron chi connectivity index (χ0n) is 20.3. The van der Waals surface area contributed by atoms with Crippen molar-refractivity contribution in [1.29, 1.82) is 0 Å². The number of anilines is 2. The molecule has 1 aromatic carbocycles. The first-order chi connectivity index (χ1) is 17.2. The number of nitrogens with zero attached hydrogens (tertiary/aromatic N) is 5. The molecule has 0 bridgehead atoms. The first kappa shape index (κ1) is 24.8. The predicted molar refractivity (Wildman–Crippen MR) is 138 cm³/mol. The lowest BCUT2D eigenvalue weighted by Crippen LogP contribution is -2.39. The predicted octanol–water partition coefficient (Wildman–Crippen LogP) is 3.27. The Labute approximate surface area is 215 Å². The number of piperidine rings is 1. The summed E-state index contributed by atoms with van der Waals surface area (Å²) in [5, 5.41) is 5.27. The maximum atomic E-state index is 13.8. The minimum absolute atomic E-state index is 0.207. The van der Waals surface area contributed by atoms with E-state index in [-0.39, 0.29) is 23.2 Å². The number of nitrogens with one attached hydrogen (secondary N) is 1. The van der Waals surface area contributed by atoms with Crippen molar-refractivity contribution in [3.8, 4) is 0 Å². The number of sulfonamides is 1. The highest BCUT2D eigenvalue weighted by Crippen LogP contribution is 2.34. The van der Waals surface area contributed by atoms with Crippen LogP contribution in [0, 0.1) is 6.92 Å². The molecule has 1 N–H and O–H groups in total. The molecule has 12 heteroatoms. The van der Waals surface area contributed by atoms with Crippen LogP contribution < -0.4 is 9.62 Å². The minimum Gasteiger partial charge on any atom is -0.378 e. The third-order valence-electron chi connectivity index (χ3n) is 6.50. The number of likely N-dealkylation sites (tertiary alicyclic amines) is 1. The van der Waals surface area contributed by atoms with Crippen molar-refractivity contribution < 1.29 is 17.9 Å². The molecule has 2 fully saturated rings. The van der Waals surface area contributed by atoms with Gasteiger partial charge in [0.25, 0.3) is 5.91 Å². The zero-order chi connectivity index (χ0) is 25.4. The molecule has 0 aliphatic carbocycles. The van der Waals surface area contributed by atoms with Gasteiger partial charge in [0.15, 0.2) is 5.65 Å². The fourth-order valence-electron chi connectivity index (χ4n) is 4.90. The summed E-state index contributed by atoms with van der Waals surface area (Å²) >= 11 is 6.20. The fraction of sp³-hybridized carbons (Fsp3) is 0.458. The largest absolute Gasteiger partial charge is 0.378 e. The van der Waals surface area contributed by atoms with Gasteiger partial charge in [-0.05, 0) is 44.4 Å². The molecule has 2 aliphatic rings. The van der Waals surface area contributed by atoms with E-state index in [9.17, 15) is 13.2 Å². The zero-order valence-corrected chi connectivity index (χ0v) is 21.8. The Bertz CT molecular complexity index is 1400. The number of carbonyl (C=O) groups excluding carboxylic acids is 1. The average molecular weight is 533 g/mol. The van der Waals surface area contributed by atoms with Gasteiger partial charge in [-0.3, -0.25) is 9.52 Å². The second-order valence-electron chi connectivity index (χ2n) is 9.27. The number of hydrogen-bond acceptors (Lipinski definition) is 7. The van der Waals surface area contributed by atoms with Gasteiger partial charge < -0.3 is 14.5 Å². The lowest BCUT2D eigenvalue weighted by Gasteiger charge is -2.35. The Morgan fingerprint density at radius 1 is 1.14 bits per heavy atom. The molecule has 0 radical (unpaired) electrons. The van der Waals surface area contributed by atoms with E-state index in [1.54, 1.807) is 11.0 Å². The standard InChI is InChI=1S/C24H29ClN6O4S/c1-16-13-23(29-9-11-35-12-10-29)31-22(26-16)15-20(27-31)21-5-3-4-8-30(21)24(32)18-14-17(25)6-7-19(18)28-36(2,33)34/h6-7,13-15,21,28H,3-5,8-12H2,1-2H3. The van der Waals surface area contributed by atoms with Gasteiger partial charge in [0.2, 0.25) is 10.0 Å². The summed E-state index contributed by atoms with van der Waals surface area (Å²) in [6.45, 7) is 5.35. The number of morpholine rings is 1. The van der Waals surface area contributed by atoms with Crippen LogP contribution in [-0.4, -0.2) is 72.9 Å². The molecule has 2 aromatic heterocycles. The second-order valence-corrected chi connectivity index (χ2v) is 11.5. The van der Waals surface area contributed by atoms with Crippen molar-refractivity contribution >= 4 is 44.7 Å². The Morgan fingerprint density at radius 3 is 2.67 bits per heavy atom. The molecule has 5 rings (SSSR count). The molecule has 2 aliphatic heterocycles. The second kappa shape index (κ2) is 9.87. The van der Waals surface area contributed by atoms with Crippen LogP contribution >= 0.6 is 11.6 Å². The van der Waals surface area contributed by atoms with Crippen LogP contribution in [-0.2, 0) is 14.8 Å². The van der Waals surface area contributed by atoms with Gasteiger partial charge in [0, 0.05) is 42.5 Å². The van der Waals surface area contributed by atoms with E-state index >= 15 is 0 Å². The highest BCUT2D eigenvalue weighted by Gasteiger charge is 2.32. The summed E-state index contributed by atoms with van der Waals surface area (Å²) < 4.78 is 33.6.